The van der Waals surface area contributed by atoms with Crippen molar-refractivity contribution in [2.45, 2.75) is 6.54 Å². The zero-order valence-corrected chi connectivity index (χ0v) is 14.5. The molecule has 0 aliphatic rings. The van der Waals surface area contributed by atoms with Crippen LogP contribution in [0.3, 0.4) is 0 Å². The molecule has 0 radical (unpaired) electrons. The fraction of sp³-hybridized carbons (Fsp3) is 0.0625. The number of fused-ring (bicyclic) bond motifs is 1. The Hall–Kier alpha value is -2.97. The number of aromatic carboxylic acids is 1. The maximum atomic E-state index is 12.5. The number of nitrogens with one attached hydrogen (secondary N) is 1. The van der Waals surface area contributed by atoms with Crippen LogP contribution in [0.1, 0.15) is 10.5 Å². The molecule has 2 N–H and O–H groups in total. The van der Waals surface area contributed by atoms with E-state index < -0.39 is 24.0 Å². The van der Waals surface area contributed by atoms with E-state index in [-0.39, 0.29) is 27.3 Å². The van der Waals surface area contributed by atoms with Crippen molar-refractivity contribution < 1.29 is 14.7 Å². The van der Waals surface area contributed by atoms with E-state index in [2.05, 4.69) is 15.4 Å². The van der Waals surface area contributed by atoms with E-state index >= 15 is 0 Å². The third-order valence-electron chi connectivity index (χ3n) is 3.43. The monoisotopic (exact) mass is 392 g/mol. The molecule has 1 aromatic carbocycles. The molecule has 132 valence electrons. The minimum Gasteiger partial charge on any atom is -0.476 e. The van der Waals surface area contributed by atoms with E-state index in [0.29, 0.717) is 5.02 Å². The highest BCUT2D eigenvalue weighted by molar-refractivity contribution is 6.36. The summed E-state index contributed by atoms with van der Waals surface area (Å²) in [5.41, 5.74) is -0.911. The number of aromatic nitrogens is 3. The number of carbonyl (C=O) groups excluding carboxylic acids is 1. The molecule has 0 saturated heterocycles. The minimum atomic E-state index is -1.31. The van der Waals surface area contributed by atoms with E-state index in [1.165, 1.54) is 24.4 Å². The normalized spacial score (nSPS) is 10.7. The maximum absolute atomic E-state index is 12.5. The fourth-order valence-corrected chi connectivity index (χ4v) is 2.74. The molecule has 26 heavy (non-hydrogen) atoms. The molecule has 0 atom stereocenters. The van der Waals surface area contributed by atoms with Crippen molar-refractivity contribution in [2.75, 3.05) is 5.32 Å². The van der Waals surface area contributed by atoms with Gasteiger partial charge in [0.1, 0.15) is 6.54 Å². The summed E-state index contributed by atoms with van der Waals surface area (Å²) < 4.78 is 0.783. The number of halogens is 2. The van der Waals surface area contributed by atoms with E-state index in [0.717, 1.165) is 4.68 Å². The summed E-state index contributed by atoms with van der Waals surface area (Å²) in [6, 6.07) is 7.54. The van der Waals surface area contributed by atoms with Gasteiger partial charge in [-0.2, -0.15) is 5.10 Å². The molecule has 3 rings (SSSR count). The van der Waals surface area contributed by atoms with E-state index in [4.69, 9.17) is 23.2 Å². The number of carboxylic acid groups (broad SMARTS) is 1. The average molecular weight is 393 g/mol. The molecule has 8 nitrogen and oxygen atoms in total. The molecular formula is C16H10Cl2N4O4. The number of rotatable bonds is 4. The topological polar surface area (TPSA) is 114 Å². The van der Waals surface area contributed by atoms with Crippen molar-refractivity contribution in [1.29, 1.82) is 0 Å². The minimum absolute atomic E-state index is 0.0633. The van der Waals surface area contributed by atoms with Crippen LogP contribution in [0.5, 0.6) is 0 Å². The van der Waals surface area contributed by atoms with Crippen molar-refractivity contribution in [3.8, 4) is 0 Å². The Bertz CT molecular complexity index is 1100. The summed E-state index contributed by atoms with van der Waals surface area (Å²) >= 11 is 11.7. The van der Waals surface area contributed by atoms with Gasteiger partial charge in [0.05, 0.1) is 15.4 Å². The van der Waals surface area contributed by atoms with Crippen LogP contribution in [0.4, 0.5) is 5.82 Å². The molecule has 0 saturated carbocycles. The molecular weight excluding hydrogens is 383 g/mol. The van der Waals surface area contributed by atoms with Crippen molar-refractivity contribution >= 4 is 51.7 Å². The van der Waals surface area contributed by atoms with Gasteiger partial charge in [-0.05, 0) is 12.1 Å². The molecule has 2 aromatic heterocycles. The fourth-order valence-electron chi connectivity index (χ4n) is 2.31. The summed E-state index contributed by atoms with van der Waals surface area (Å²) in [5.74, 6) is -1.89. The summed E-state index contributed by atoms with van der Waals surface area (Å²) in [7, 11) is 0. The highest BCUT2D eigenvalue weighted by atomic mass is 35.5. The van der Waals surface area contributed by atoms with Crippen LogP contribution >= 0.6 is 23.2 Å². The SMILES string of the molecule is O=C(Cn1nc(C(=O)O)c2ccccc2c1=O)Nc1ncc(Cl)cc1Cl. The Balaban J connectivity index is 1.95. The highest BCUT2D eigenvalue weighted by Crippen LogP contribution is 2.22. The Labute approximate surface area is 156 Å². The largest absolute Gasteiger partial charge is 0.476 e. The van der Waals surface area contributed by atoms with Gasteiger partial charge >= 0.3 is 5.97 Å². The van der Waals surface area contributed by atoms with Crippen LogP contribution in [-0.4, -0.2) is 31.7 Å². The lowest BCUT2D eigenvalue weighted by molar-refractivity contribution is -0.117. The van der Waals surface area contributed by atoms with Crippen molar-refractivity contribution in [2.24, 2.45) is 0 Å². The quantitative estimate of drug-likeness (QED) is 0.704. The average Bonchev–Trinajstić information content (AvgIpc) is 2.59. The standard InChI is InChI=1S/C16H10Cl2N4O4/c17-8-5-11(18)14(19-6-8)20-12(23)7-22-15(24)10-4-2-1-3-9(10)13(21-22)16(25)26/h1-6H,7H2,(H,25,26)(H,19,20,23). The molecule has 0 bridgehead atoms. The number of hydrogen-bond donors (Lipinski definition) is 2. The second kappa shape index (κ2) is 7.11. The van der Waals surface area contributed by atoms with Gasteiger partial charge in [-0.3, -0.25) is 9.59 Å². The predicted molar refractivity (Wildman–Crippen MR) is 95.8 cm³/mol. The number of nitrogens with zero attached hydrogens (tertiary/aromatic N) is 3. The van der Waals surface area contributed by atoms with E-state index in [1.54, 1.807) is 12.1 Å². The lowest BCUT2D eigenvalue weighted by atomic mass is 10.1. The van der Waals surface area contributed by atoms with Crippen LogP contribution in [-0.2, 0) is 11.3 Å². The zero-order chi connectivity index (χ0) is 18.8. The number of hydrogen-bond acceptors (Lipinski definition) is 5. The first kappa shape index (κ1) is 17.8. The molecule has 10 heteroatoms. The molecule has 0 spiro atoms. The summed E-state index contributed by atoms with van der Waals surface area (Å²) in [5, 5.41) is 16.3. The summed E-state index contributed by atoms with van der Waals surface area (Å²) in [6.45, 7) is -0.509. The van der Waals surface area contributed by atoms with Crippen LogP contribution in [0.2, 0.25) is 10.0 Å². The van der Waals surface area contributed by atoms with Gasteiger partial charge in [-0.25, -0.2) is 14.5 Å². The molecule has 0 fully saturated rings. The van der Waals surface area contributed by atoms with E-state index in [1.807, 2.05) is 0 Å². The third kappa shape index (κ3) is 3.51. The van der Waals surface area contributed by atoms with Gasteiger partial charge in [0.2, 0.25) is 5.91 Å². The second-order valence-electron chi connectivity index (χ2n) is 5.19. The number of benzene rings is 1. The lowest BCUT2D eigenvalue weighted by Crippen LogP contribution is -2.31. The first-order chi connectivity index (χ1) is 12.4. The Morgan fingerprint density at radius 3 is 2.54 bits per heavy atom. The van der Waals surface area contributed by atoms with Gasteiger partial charge < -0.3 is 10.4 Å². The van der Waals surface area contributed by atoms with Crippen LogP contribution in [0.15, 0.2) is 41.3 Å². The Morgan fingerprint density at radius 1 is 1.19 bits per heavy atom. The van der Waals surface area contributed by atoms with Gasteiger partial charge in [-0.1, -0.05) is 41.4 Å². The Kier molecular flexibility index (Phi) is 4.88. The zero-order valence-electron chi connectivity index (χ0n) is 12.9. The number of amides is 1. The van der Waals surface area contributed by atoms with Gasteiger partial charge in [0.15, 0.2) is 11.5 Å². The molecule has 3 aromatic rings. The summed E-state index contributed by atoms with van der Waals surface area (Å²) in [4.78, 5) is 40.0. The molecule has 2 heterocycles. The van der Waals surface area contributed by atoms with Crippen molar-refractivity contribution in [3.05, 3.63) is 62.6 Å². The smallest absolute Gasteiger partial charge is 0.357 e. The van der Waals surface area contributed by atoms with E-state index in [9.17, 15) is 19.5 Å². The van der Waals surface area contributed by atoms with Gasteiger partial charge in [0, 0.05) is 11.6 Å². The van der Waals surface area contributed by atoms with Gasteiger partial charge in [-0.15, -0.1) is 0 Å². The first-order valence-corrected chi connectivity index (χ1v) is 7.96. The van der Waals surface area contributed by atoms with Crippen molar-refractivity contribution in [1.82, 2.24) is 14.8 Å². The molecule has 0 aliphatic carbocycles. The van der Waals surface area contributed by atoms with Crippen LogP contribution in [0.25, 0.3) is 10.8 Å². The molecule has 1 amide bonds. The maximum Gasteiger partial charge on any atom is 0.357 e. The number of carbonyl (C=O) groups is 2. The first-order valence-electron chi connectivity index (χ1n) is 7.21. The Morgan fingerprint density at radius 2 is 1.88 bits per heavy atom. The number of anilines is 1. The van der Waals surface area contributed by atoms with Gasteiger partial charge in [0.25, 0.3) is 5.56 Å². The molecule has 0 aliphatic heterocycles. The predicted octanol–water partition coefficient (Wildman–Crippen LogP) is 2.44. The lowest BCUT2D eigenvalue weighted by Gasteiger charge is -2.10. The molecule has 0 unspecified atom stereocenters. The van der Waals surface area contributed by atoms with Crippen molar-refractivity contribution in [3.63, 3.8) is 0 Å². The number of carboxylic acids is 1. The van der Waals surface area contributed by atoms with Crippen LogP contribution in [0, 0.1) is 0 Å². The number of pyridine rings is 1. The third-order valence-corrected chi connectivity index (χ3v) is 3.92. The van der Waals surface area contributed by atoms with Crippen LogP contribution < -0.4 is 10.9 Å². The summed E-state index contributed by atoms with van der Waals surface area (Å²) in [6.07, 6.45) is 1.30. The second-order valence-corrected chi connectivity index (χ2v) is 6.04. The highest BCUT2D eigenvalue weighted by Gasteiger charge is 2.17.